The summed E-state index contributed by atoms with van der Waals surface area (Å²) >= 11 is 0. The molecule has 3 aliphatic rings. The molecule has 54 heavy (non-hydrogen) atoms. The molecule has 292 valence electrons. The van der Waals surface area contributed by atoms with E-state index >= 15 is 0 Å². The summed E-state index contributed by atoms with van der Waals surface area (Å²) in [4.78, 5) is 77.6. The van der Waals surface area contributed by atoms with Gasteiger partial charge < -0.3 is 25.3 Å². The van der Waals surface area contributed by atoms with Gasteiger partial charge in [-0.3, -0.25) is 39.6 Å². The predicted molar refractivity (Wildman–Crippen MR) is 194 cm³/mol. The molecule has 0 saturated carbocycles. The standard InChI is InChI=1S/C36H47N7O11/c1-35(2,3)53-33(46)39-17-7-9-27(39)31(44)37-23-13-11-21(19-29(23)42(49)50)25-15-16-26(41(25)48)22-12-14-24(30(20-22)43(51)52)38-32(45)28-10-8-18-40(28)34(47)54-36(4,5)6/h11-14,19-20,25-28,48H,7-10,15-18H2,1-6H3,(H,37,44)(H,38,45). The van der Waals surface area contributed by atoms with E-state index in [0.29, 0.717) is 62.7 Å². The van der Waals surface area contributed by atoms with E-state index in [4.69, 9.17) is 9.47 Å². The minimum atomic E-state index is -0.874. The molecule has 3 fully saturated rings. The first-order valence-electron chi connectivity index (χ1n) is 17.9. The van der Waals surface area contributed by atoms with E-state index in [2.05, 4.69) is 10.6 Å². The molecule has 4 unspecified atom stereocenters. The van der Waals surface area contributed by atoms with Crippen molar-refractivity contribution in [3.63, 3.8) is 0 Å². The highest BCUT2D eigenvalue weighted by Crippen LogP contribution is 2.45. The number of likely N-dealkylation sites (tertiary alicyclic amines) is 2. The van der Waals surface area contributed by atoms with Gasteiger partial charge in [-0.1, -0.05) is 12.1 Å². The first kappa shape index (κ1) is 39.8. The number of anilines is 2. The molecular formula is C36H47N7O11. The van der Waals surface area contributed by atoms with E-state index in [1.54, 1.807) is 53.7 Å². The Bertz CT molecular complexity index is 1690. The van der Waals surface area contributed by atoms with Crippen LogP contribution >= 0.6 is 0 Å². The topological polar surface area (TPSA) is 227 Å². The summed E-state index contributed by atoms with van der Waals surface area (Å²) in [6.07, 6.45) is 1.22. The number of nitro benzene ring substituents is 2. The molecule has 3 heterocycles. The second-order valence-electron chi connectivity index (χ2n) is 15.7. The summed E-state index contributed by atoms with van der Waals surface area (Å²) in [6.45, 7) is 10.9. The number of rotatable bonds is 8. The monoisotopic (exact) mass is 753 g/mol. The lowest BCUT2D eigenvalue weighted by atomic mass is 10.0. The fourth-order valence-corrected chi connectivity index (χ4v) is 7.05. The van der Waals surface area contributed by atoms with Crippen LogP contribution in [0.2, 0.25) is 0 Å². The van der Waals surface area contributed by atoms with Crippen LogP contribution in [0.5, 0.6) is 0 Å². The van der Waals surface area contributed by atoms with Crippen LogP contribution in [0.4, 0.5) is 32.3 Å². The van der Waals surface area contributed by atoms with Gasteiger partial charge in [-0.2, -0.15) is 5.06 Å². The second kappa shape index (κ2) is 15.5. The predicted octanol–water partition coefficient (Wildman–Crippen LogP) is 6.45. The van der Waals surface area contributed by atoms with Crippen molar-refractivity contribution in [1.29, 1.82) is 0 Å². The highest BCUT2D eigenvalue weighted by atomic mass is 16.6. The third-order valence-electron chi connectivity index (χ3n) is 9.44. The van der Waals surface area contributed by atoms with Crippen molar-refractivity contribution in [2.75, 3.05) is 23.7 Å². The highest BCUT2D eigenvalue weighted by Gasteiger charge is 2.40. The molecule has 18 nitrogen and oxygen atoms in total. The number of hydroxylamine groups is 2. The molecule has 2 aromatic rings. The van der Waals surface area contributed by atoms with Gasteiger partial charge in [0.2, 0.25) is 11.8 Å². The van der Waals surface area contributed by atoms with E-state index in [-0.39, 0.29) is 11.4 Å². The fourth-order valence-electron chi connectivity index (χ4n) is 7.05. The lowest BCUT2D eigenvalue weighted by Crippen LogP contribution is -2.45. The van der Waals surface area contributed by atoms with Gasteiger partial charge in [0.1, 0.15) is 34.7 Å². The number of benzene rings is 2. The number of nitro groups is 2. The van der Waals surface area contributed by atoms with Gasteiger partial charge in [-0.15, -0.1) is 0 Å². The third-order valence-corrected chi connectivity index (χ3v) is 9.44. The fraction of sp³-hybridized carbons (Fsp3) is 0.556. The molecule has 0 aliphatic carbocycles. The number of ether oxygens (including phenoxy) is 2. The molecule has 5 rings (SSSR count). The van der Waals surface area contributed by atoms with E-state index < -0.39 is 80.6 Å². The number of carbonyl (C=O) groups is 4. The Balaban J connectivity index is 1.29. The molecular weight excluding hydrogens is 706 g/mol. The Morgan fingerprint density at radius 1 is 0.685 bits per heavy atom. The zero-order valence-electron chi connectivity index (χ0n) is 31.2. The summed E-state index contributed by atoms with van der Waals surface area (Å²) in [6, 6.07) is 5.15. The summed E-state index contributed by atoms with van der Waals surface area (Å²) < 4.78 is 10.8. The second-order valence-corrected chi connectivity index (χ2v) is 15.7. The molecule has 0 bridgehead atoms. The summed E-state index contributed by atoms with van der Waals surface area (Å²) in [5.41, 5.74) is -1.77. The van der Waals surface area contributed by atoms with Gasteiger partial charge in [-0.25, -0.2) is 9.59 Å². The Labute approximate surface area is 312 Å². The van der Waals surface area contributed by atoms with Gasteiger partial charge >= 0.3 is 12.2 Å². The lowest BCUT2D eigenvalue weighted by Gasteiger charge is -2.28. The third kappa shape index (κ3) is 9.04. The van der Waals surface area contributed by atoms with E-state index in [0.717, 1.165) is 5.06 Å². The smallest absolute Gasteiger partial charge is 0.410 e. The van der Waals surface area contributed by atoms with Crippen molar-refractivity contribution >= 4 is 46.8 Å². The van der Waals surface area contributed by atoms with Crippen LogP contribution in [-0.2, 0) is 19.1 Å². The van der Waals surface area contributed by atoms with Gasteiger partial charge in [0.25, 0.3) is 11.4 Å². The highest BCUT2D eigenvalue weighted by molar-refractivity contribution is 5.99. The minimum Gasteiger partial charge on any atom is -0.444 e. The molecule has 18 heteroatoms. The zero-order valence-corrected chi connectivity index (χ0v) is 31.2. The molecule has 2 aromatic carbocycles. The maximum atomic E-state index is 13.3. The van der Waals surface area contributed by atoms with Crippen LogP contribution in [0.1, 0.15) is 103 Å². The SMILES string of the molecule is CC(C)(C)OC(=O)N1CCCC1C(=O)Nc1ccc(C2CCC(c3ccc(NC(=O)C4CCCN4C(=O)OC(C)(C)C)c([N+](=O)[O-])c3)N2O)cc1[N+](=O)[O-]. The van der Waals surface area contributed by atoms with Crippen LogP contribution < -0.4 is 10.6 Å². The van der Waals surface area contributed by atoms with Gasteiger partial charge in [-0.05, 0) is 103 Å². The van der Waals surface area contributed by atoms with Crippen molar-refractivity contribution in [2.24, 2.45) is 0 Å². The van der Waals surface area contributed by atoms with Gasteiger partial charge in [0.15, 0.2) is 0 Å². The Hall–Kier alpha value is -5.36. The first-order valence-corrected chi connectivity index (χ1v) is 17.9. The number of carbonyl (C=O) groups excluding carboxylic acids is 4. The Kier molecular flexibility index (Phi) is 11.5. The van der Waals surface area contributed by atoms with Crippen molar-refractivity contribution in [3.05, 3.63) is 67.8 Å². The van der Waals surface area contributed by atoms with Crippen LogP contribution in [0.15, 0.2) is 36.4 Å². The zero-order chi connectivity index (χ0) is 39.7. The molecule has 4 amide bonds. The van der Waals surface area contributed by atoms with Crippen molar-refractivity contribution in [1.82, 2.24) is 14.9 Å². The van der Waals surface area contributed by atoms with Crippen LogP contribution in [0.25, 0.3) is 0 Å². The Morgan fingerprint density at radius 3 is 1.39 bits per heavy atom. The summed E-state index contributed by atoms with van der Waals surface area (Å²) in [7, 11) is 0. The van der Waals surface area contributed by atoms with Crippen LogP contribution in [0.3, 0.4) is 0 Å². The maximum absolute atomic E-state index is 13.3. The van der Waals surface area contributed by atoms with Crippen LogP contribution in [0, 0.1) is 20.2 Å². The quantitative estimate of drug-likeness (QED) is 0.195. The van der Waals surface area contributed by atoms with Crippen molar-refractivity contribution in [2.45, 2.75) is 115 Å². The average molecular weight is 754 g/mol. The number of amides is 4. The van der Waals surface area contributed by atoms with Gasteiger partial charge in [0, 0.05) is 25.2 Å². The molecule has 3 N–H and O–H groups in total. The molecule has 0 aromatic heterocycles. The number of hydrogen-bond donors (Lipinski definition) is 3. The number of hydrogen-bond acceptors (Lipinski definition) is 12. The van der Waals surface area contributed by atoms with E-state index in [1.807, 2.05) is 0 Å². The summed E-state index contributed by atoms with van der Waals surface area (Å²) in [5, 5.41) is 41.8. The molecule has 0 radical (unpaired) electrons. The number of nitrogens with zero attached hydrogens (tertiary/aromatic N) is 5. The van der Waals surface area contributed by atoms with E-state index in [9.17, 15) is 44.6 Å². The molecule has 4 atom stereocenters. The van der Waals surface area contributed by atoms with Crippen molar-refractivity contribution in [3.8, 4) is 0 Å². The lowest BCUT2D eigenvalue weighted by molar-refractivity contribution is -0.384. The summed E-state index contributed by atoms with van der Waals surface area (Å²) in [5.74, 6) is -1.19. The first-order chi connectivity index (χ1) is 25.2. The van der Waals surface area contributed by atoms with Crippen LogP contribution in [-0.4, -0.2) is 90.3 Å². The Morgan fingerprint density at radius 2 is 1.06 bits per heavy atom. The molecule has 0 spiro atoms. The van der Waals surface area contributed by atoms with Crippen molar-refractivity contribution < 1.29 is 43.7 Å². The van der Waals surface area contributed by atoms with E-state index in [1.165, 1.54) is 34.1 Å². The van der Waals surface area contributed by atoms with Gasteiger partial charge in [0.05, 0.1) is 21.9 Å². The normalized spacial score (nSPS) is 21.8. The minimum absolute atomic E-state index is 0.0797. The maximum Gasteiger partial charge on any atom is 0.410 e. The molecule has 3 saturated heterocycles. The number of nitrogens with one attached hydrogen (secondary N) is 2. The average Bonchev–Trinajstić information content (AvgIpc) is 3.84. The molecule has 3 aliphatic heterocycles. The largest absolute Gasteiger partial charge is 0.444 e.